The molecule has 0 bridgehead atoms. The summed E-state index contributed by atoms with van der Waals surface area (Å²) in [4.78, 5) is 25.6. The van der Waals surface area contributed by atoms with Gasteiger partial charge >= 0.3 is 0 Å². The molecule has 0 aliphatic carbocycles. The van der Waals surface area contributed by atoms with Gasteiger partial charge in [-0.05, 0) is 33.2 Å². The van der Waals surface area contributed by atoms with Crippen molar-refractivity contribution in [1.82, 2.24) is 15.5 Å². The first kappa shape index (κ1) is 14.0. The lowest BCUT2D eigenvalue weighted by molar-refractivity contribution is -0.143. The van der Waals surface area contributed by atoms with Crippen molar-refractivity contribution in [3.8, 4) is 0 Å². The molecule has 0 radical (unpaired) electrons. The van der Waals surface area contributed by atoms with E-state index in [-0.39, 0.29) is 23.9 Å². The topological polar surface area (TPSA) is 61.4 Å². The number of nitrogens with one attached hydrogen (secondary N) is 2. The van der Waals surface area contributed by atoms with Crippen molar-refractivity contribution in [1.29, 1.82) is 0 Å². The third kappa shape index (κ3) is 3.43. The van der Waals surface area contributed by atoms with E-state index in [1.165, 1.54) is 0 Å². The summed E-state index contributed by atoms with van der Waals surface area (Å²) < 4.78 is 0. The van der Waals surface area contributed by atoms with Crippen molar-refractivity contribution >= 4 is 11.8 Å². The molecule has 1 rings (SSSR count). The minimum Gasteiger partial charge on any atom is -0.355 e. The lowest BCUT2D eigenvalue weighted by atomic mass is 10.0. The van der Waals surface area contributed by atoms with Gasteiger partial charge in [0.15, 0.2) is 0 Å². The standard InChI is InChI=1S/C12H23N3O2/c1-4-13-10-7-6-8-15(12(10)17)9(3)11(16)14-5-2/h9-10,13H,4-8H2,1-3H3,(H,14,16). The Kier molecular flexibility index (Phi) is 5.41. The zero-order valence-corrected chi connectivity index (χ0v) is 11.0. The van der Waals surface area contributed by atoms with Crippen LogP contribution in [0.3, 0.4) is 0 Å². The van der Waals surface area contributed by atoms with E-state index in [1.807, 2.05) is 13.8 Å². The Hall–Kier alpha value is -1.10. The van der Waals surface area contributed by atoms with E-state index >= 15 is 0 Å². The number of carbonyl (C=O) groups excluding carboxylic acids is 2. The second-order valence-corrected chi connectivity index (χ2v) is 4.35. The number of hydrogen-bond donors (Lipinski definition) is 2. The van der Waals surface area contributed by atoms with Crippen LogP contribution in [-0.2, 0) is 9.59 Å². The summed E-state index contributed by atoms with van der Waals surface area (Å²) in [6, 6.07) is -0.491. The summed E-state index contributed by atoms with van der Waals surface area (Å²) in [5.74, 6) is -0.0187. The summed E-state index contributed by atoms with van der Waals surface area (Å²) in [5.41, 5.74) is 0. The van der Waals surface area contributed by atoms with Crippen LogP contribution < -0.4 is 10.6 Å². The number of hydrogen-bond acceptors (Lipinski definition) is 3. The van der Waals surface area contributed by atoms with Crippen LogP contribution in [0.1, 0.15) is 33.6 Å². The number of piperidine rings is 1. The maximum atomic E-state index is 12.1. The predicted octanol–water partition coefficient (Wildman–Crippen LogP) is 0.112. The second-order valence-electron chi connectivity index (χ2n) is 4.35. The molecule has 1 aliphatic heterocycles. The van der Waals surface area contributed by atoms with Gasteiger partial charge in [-0.3, -0.25) is 9.59 Å². The maximum absolute atomic E-state index is 12.1. The van der Waals surface area contributed by atoms with Gasteiger partial charge in [-0.15, -0.1) is 0 Å². The molecule has 1 saturated heterocycles. The summed E-state index contributed by atoms with van der Waals surface area (Å²) in [6.07, 6.45) is 1.82. The van der Waals surface area contributed by atoms with Gasteiger partial charge in [-0.1, -0.05) is 6.92 Å². The zero-order valence-electron chi connectivity index (χ0n) is 11.0. The minimum absolute atomic E-state index is 0.0526. The number of nitrogens with zero attached hydrogens (tertiary/aromatic N) is 1. The van der Waals surface area contributed by atoms with Crippen LogP contribution in [0.2, 0.25) is 0 Å². The van der Waals surface area contributed by atoms with Gasteiger partial charge in [0.2, 0.25) is 11.8 Å². The normalized spacial score (nSPS) is 22.4. The van der Waals surface area contributed by atoms with Gasteiger partial charge in [0.1, 0.15) is 6.04 Å². The van der Waals surface area contributed by atoms with E-state index in [1.54, 1.807) is 11.8 Å². The van der Waals surface area contributed by atoms with Gasteiger partial charge in [-0.2, -0.15) is 0 Å². The SMILES string of the molecule is CCNC(=O)C(C)N1CCCC(NCC)C1=O. The van der Waals surface area contributed by atoms with Gasteiger partial charge in [0.25, 0.3) is 0 Å². The van der Waals surface area contributed by atoms with Crippen molar-refractivity contribution in [3.63, 3.8) is 0 Å². The van der Waals surface area contributed by atoms with E-state index in [9.17, 15) is 9.59 Å². The third-order valence-corrected chi connectivity index (χ3v) is 3.12. The van der Waals surface area contributed by atoms with E-state index < -0.39 is 0 Å². The fourth-order valence-electron chi connectivity index (χ4n) is 2.18. The Morgan fingerprint density at radius 1 is 1.47 bits per heavy atom. The van der Waals surface area contributed by atoms with Crippen molar-refractivity contribution in [2.45, 2.75) is 45.7 Å². The summed E-state index contributed by atoms with van der Waals surface area (Å²) in [6.45, 7) is 7.71. The van der Waals surface area contributed by atoms with Gasteiger partial charge in [0.05, 0.1) is 6.04 Å². The molecule has 0 spiro atoms. The Morgan fingerprint density at radius 3 is 2.76 bits per heavy atom. The molecule has 1 fully saturated rings. The molecule has 2 unspecified atom stereocenters. The molecular weight excluding hydrogens is 218 g/mol. The highest BCUT2D eigenvalue weighted by Gasteiger charge is 2.33. The smallest absolute Gasteiger partial charge is 0.242 e. The van der Waals surface area contributed by atoms with Gasteiger partial charge < -0.3 is 15.5 Å². The highest BCUT2D eigenvalue weighted by molar-refractivity contribution is 5.90. The predicted molar refractivity (Wildman–Crippen MR) is 66.6 cm³/mol. The van der Waals surface area contributed by atoms with E-state index in [4.69, 9.17) is 0 Å². The van der Waals surface area contributed by atoms with Crippen molar-refractivity contribution in [2.75, 3.05) is 19.6 Å². The Bertz CT molecular complexity index is 279. The molecule has 17 heavy (non-hydrogen) atoms. The molecule has 1 heterocycles. The van der Waals surface area contributed by atoms with E-state index in [0.29, 0.717) is 13.1 Å². The lowest BCUT2D eigenvalue weighted by Gasteiger charge is -2.36. The average molecular weight is 241 g/mol. The van der Waals surface area contributed by atoms with Crippen LogP contribution in [0.25, 0.3) is 0 Å². The summed E-state index contributed by atoms with van der Waals surface area (Å²) in [7, 11) is 0. The van der Waals surface area contributed by atoms with Crippen LogP contribution >= 0.6 is 0 Å². The Balaban J connectivity index is 2.63. The van der Waals surface area contributed by atoms with Crippen LogP contribution in [0.5, 0.6) is 0 Å². The average Bonchev–Trinajstić information content (AvgIpc) is 2.31. The first-order valence-corrected chi connectivity index (χ1v) is 6.43. The summed E-state index contributed by atoms with van der Waals surface area (Å²) in [5, 5.41) is 5.92. The van der Waals surface area contributed by atoms with Crippen LogP contribution in [0.4, 0.5) is 0 Å². The maximum Gasteiger partial charge on any atom is 0.242 e. The van der Waals surface area contributed by atoms with E-state index in [0.717, 1.165) is 19.4 Å². The molecule has 2 amide bonds. The molecule has 2 atom stereocenters. The number of amides is 2. The fourth-order valence-corrected chi connectivity index (χ4v) is 2.18. The van der Waals surface area contributed by atoms with Gasteiger partial charge in [0, 0.05) is 13.1 Å². The fraction of sp³-hybridized carbons (Fsp3) is 0.833. The highest BCUT2D eigenvalue weighted by atomic mass is 16.2. The Morgan fingerprint density at radius 2 is 2.18 bits per heavy atom. The molecular formula is C12H23N3O2. The molecule has 5 heteroatoms. The van der Waals surface area contributed by atoms with Crippen molar-refractivity contribution in [2.24, 2.45) is 0 Å². The lowest BCUT2D eigenvalue weighted by Crippen LogP contribution is -2.57. The van der Waals surface area contributed by atoms with Crippen LogP contribution in [-0.4, -0.2) is 48.4 Å². The molecule has 2 N–H and O–H groups in total. The van der Waals surface area contributed by atoms with Crippen molar-refractivity contribution in [3.05, 3.63) is 0 Å². The molecule has 0 aromatic rings. The molecule has 5 nitrogen and oxygen atoms in total. The number of likely N-dealkylation sites (N-methyl/N-ethyl adjacent to an activating group) is 2. The van der Waals surface area contributed by atoms with Crippen LogP contribution in [0.15, 0.2) is 0 Å². The third-order valence-electron chi connectivity index (χ3n) is 3.12. The van der Waals surface area contributed by atoms with E-state index in [2.05, 4.69) is 10.6 Å². The molecule has 1 aliphatic rings. The summed E-state index contributed by atoms with van der Waals surface area (Å²) >= 11 is 0. The number of carbonyl (C=O) groups is 2. The molecule has 98 valence electrons. The van der Waals surface area contributed by atoms with Crippen LogP contribution in [0, 0.1) is 0 Å². The number of rotatable bonds is 5. The highest BCUT2D eigenvalue weighted by Crippen LogP contribution is 2.14. The zero-order chi connectivity index (χ0) is 12.8. The number of likely N-dealkylation sites (tertiary alicyclic amines) is 1. The first-order valence-electron chi connectivity index (χ1n) is 6.43. The van der Waals surface area contributed by atoms with Crippen molar-refractivity contribution < 1.29 is 9.59 Å². The first-order chi connectivity index (χ1) is 8.11. The minimum atomic E-state index is -0.371. The monoisotopic (exact) mass is 241 g/mol. The second kappa shape index (κ2) is 6.59. The quantitative estimate of drug-likeness (QED) is 0.718. The Labute approximate surface area is 103 Å². The molecule has 0 saturated carbocycles. The molecule has 0 aromatic carbocycles. The van der Waals surface area contributed by atoms with Gasteiger partial charge in [-0.25, -0.2) is 0 Å². The molecule has 0 aromatic heterocycles. The largest absolute Gasteiger partial charge is 0.355 e.